The van der Waals surface area contributed by atoms with E-state index in [-0.39, 0.29) is 12.4 Å². The van der Waals surface area contributed by atoms with Crippen molar-refractivity contribution >= 4 is 17.2 Å². The molecule has 9 heteroatoms. The summed E-state index contributed by atoms with van der Waals surface area (Å²) in [6.07, 6.45) is 9.61. The van der Waals surface area contributed by atoms with Crippen molar-refractivity contribution in [3.63, 3.8) is 0 Å². The molecule has 6 rings (SSSR count). The number of nitrogens with zero attached hydrogens (tertiary/aromatic N) is 6. The number of benzene rings is 1. The van der Waals surface area contributed by atoms with E-state index < -0.39 is 0 Å². The molecule has 148 valence electrons. The molecule has 30 heavy (non-hydrogen) atoms. The van der Waals surface area contributed by atoms with E-state index in [0.29, 0.717) is 30.2 Å². The van der Waals surface area contributed by atoms with Crippen LogP contribution in [0.25, 0.3) is 22.4 Å². The quantitative estimate of drug-likeness (QED) is 0.498. The number of nitrogens with one attached hydrogen (secondary N) is 1. The molecular formula is C21H16FN7O. The van der Waals surface area contributed by atoms with Gasteiger partial charge in [0.2, 0.25) is 5.95 Å². The van der Waals surface area contributed by atoms with Crippen molar-refractivity contribution in [3.8, 4) is 16.9 Å². The topological polar surface area (TPSA) is 81.6 Å². The lowest BCUT2D eigenvalue weighted by Gasteiger charge is -2.13. The van der Waals surface area contributed by atoms with Gasteiger partial charge in [0.1, 0.15) is 23.5 Å². The number of hydrogen-bond donors (Lipinski definition) is 1. The number of hydrogen-bond acceptors (Lipinski definition) is 6. The van der Waals surface area contributed by atoms with E-state index >= 15 is 0 Å². The summed E-state index contributed by atoms with van der Waals surface area (Å²) in [4.78, 5) is 9.00. The Bertz CT molecular complexity index is 1410. The van der Waals surface area contributed by atoms with Gasteiger partial charge in [-0.1, -0.05) is 0 Å². The highest BCUT2D eigenvalue weighted by molar-refractivity contribution is 5.85. The first-order valence-electron chi connectivity index (χ1n) is 9.57. The van der Waals surface area contributed by atoms with Crippen LogP contribution in [-0.4, -0.2) is 35.6 Å². The van der Waals surface area contributed by atoms with Gasteiger partial charge in [-0.2, -0.15) is 0 Å². The van der Waals surface area contributed by atoms with Gasteiger partial charge in [0.05, 0.1) is 6.61 Å². The van der Waals surface area contributed by atoms with Crippen LogP contribution in [0, 0.1) is 5.82 Å². The van der Waals surface area contributed by atoms with Crippen LogP contribution in [0.3, 0.4) is 0 Å². The minimum absolute atomic E-state index is 0.255. The molecule has 0 radical (unpaired) electrons. The molecule has 0 saturated heterocycles. The highest BCUT2D eigenvalue weighted by atomic mass is 19.1. The standard InChI is InChI=1S/C21H16FN7O/c22-17-3-4-18-13(5-9-30-18)15(17)10-24-21-25-11-16(20-27-26-12-29(20)21)14-2-1-7-28-8-6-23-19(14)28/h1-4,6-8,11-12H,5,9-10H2,(H,24,25). The third-order valence-corrected chi connectivity index (χ3v) is 5.41. The molecule has 8 nitrogen and oxygen atoms in total. The maximum absolute atomic E-state index is 14.4. The maximum atomic E-state index is 14.4. The van der Waals surface area contributed by atoms with Crippen LogP contribution in [-0.2, 0) is 13.0 Å². The average Bonchev–Trinajstić information content (AvgIpc) is 3.52. The van der Waals surface area contributed by atoms with Crippen LogP contribution < -0.4 is 10.1 Å². The minimum Gasteiger partial charge on any atom is -0.493 e. The predicted molar refractivity (Wildman–Crippen MR) is 108 cm³/mol. The van der Waals surface area contributed by atoms with Crippen LogP contribution >= 0.6 is 0 Å². The zero-order chi connectivity index (χ0) is 20.1. The largest absolute Gasteiger partial charge is 0.493 e. The highest BCUT2D eigenvalue weighted by Crippen LogP contribution is 2.31. The summed E-state index contributed by atoms with van der Waals surface area (Å²) in [5.74, 6) is 1.03. The second kappa shape index (κ2) is 6.51. The number of aromatic nitrogens is 6. The summed E-state index contributed by atoms with van der Waals surface area (Å²) in [5, 5.41) is 11.6. The maximum Gasteiger partial charge on any atom is 0.210 e. The molecule has 1 aromatic carbocycles. The van der Waals surface area contributed by atoms with Gasteiger partial charge in [-0.25, -0.2) is 14.4 Å². The molecule has 0 amide bonds. The van der Waals surface area contributed by atoms with E-state index in [2.05, 4.69) is 25.5 Å². The van der Waals surface area contributed by atoms with Crippen LogP contribution in [0.4, 0.5) is 10.3 Å². The Morgan fingerprint density at radius 3 is 3.03 bits per heavy atom. The van der Waals surface area contributed by atoms with Gasteiger partial charge in [0.25, 0.3) is 0 Å². The molecule has 5 heterocycles. The van der Waals surface area contributed by atoms with E-state index in [9.17, 15) is 4.39 Å². The van der Waals surface area contributed by atoms with Gasteiger partial charge in [-0.15, -0.1) is 10.2 Å². The number of fused-ring (bicyclic) bond motifs is 3. The van der Waals surface area contributed by atoms with Gasteiger partial charge in [-0.05, 0) is 24.3 Å². The molecule has 4 aromatic heterocycles. The van der Waals surface area contributed by atoms with Gasteiger partial charge in [-0.3, -0.25) is 4.40 Å². The molecule has 1 N–H and O–H groups in total. The van der Waals surface area contributed by atoms with Crippen molar-refractivity contribution in [2.45, 2.75) is 13.0 Å². The number of anilines is 1. The van der Waals surface area contributed by atoms with Crippen molar-refractivity contribution in [2.75, 3.05) is 11.9 Å². The summed E-state index contributed by atoms with van der Waals surface area (Å²) in [7, 11) is 0. The zero-order valence-corrected chi connectivity index (χ0v) is 15.8. The normalized spacial score (nSPS) is 13.0. The summed E-state index contributed by atoms with van der Waals surface area (Å²) < 4.78 is 23.7. The average molecular weight is 401 g/mol. The fraction of sp³-hybridized carbons (Fsp3) is 0.143. The third kappa shape index (κ3) is 2.52. The van der Waals surface area contributed by atoms with Crippen molar-refractivity contribution in [1.82, 2.24) is 29.0 Å². The minimum atomic E-state index is -0.255. The molecule has 0 spiro atoms. The van der Waals surface area contributed by atoms with Crippen molar-refractivity contribution in [3.05, 3.63) is 72.3 Å². The second-order valence-electron chi connectivity index (χ2n) is 7.05. The van der Waals surface area contributed by atoms with E-state index in [4.69, 9.17) is 4.74 Å². The molecular weight excluding hydrogens is 385 g/mol. The SMILES string of the molecule is Fc1ccc2c(c1CNc1ncc(-c3cccn4ccnc34)c3nncn13)CCO2. The Kier molecular flexibility index (Phi) is 3.67. The first-order valence-corrected chi connectivity index (χ1v) is 9.57. The number of rotatable bonds is 4. The van der Waals surface area contributed by atoms with Gasteiger partial charge >= 0.3 is 0 Å². The van der Waals surface area contributed by atoms with Crippen molar-refractivity contribution in [1.29, 1.82) is 0 Å². The molecule has 5 aromatic rings. The Hall–Kier alpha value is -4.01. The molecule has 0 aliphatic carbocycles. The number of imidazole rings is 1. The number of halogens is 1. The lowest BCUT2D eigenvalue weighted by atomic mass is 10.0. The summed E-state index contributed by atoms with van der Waals surface area (Å²) in [6.45, 7) is 0.863. The smallest absolute Gasteiger partial charge is 0.210 e. The Morgan fingerprint density at radius 2 is 2.07 bits per heavy atom. The molecule has 1 aliphatic rings. The third-order valence-electron chi connectivity index (χ3n) is 5.41. The molecule has 0 saturated carbocycles. The van der Waals surface area contributed by atoms with E-state index in [1.165, 1.54) is 6.07 Å². The summed E-state index contributed by atoms with van der Waals surface area (Å²) in [5.41, 5.74) is 4.68. The lowest BCUT2D eigenvalue weighted by molar-refractivity contribution is 0.356. The van der Waals surface area contributed by atoms with Crippen LogP contribution in [0.1, 0.15) is 11.1 Å². The van der Waals surface area contributed by atoms with Gasteiger partial charge < -0.3 is 14.5 Å². The zero-order valence-electron chi connectivity index (χ0n) is 15.8. The molecule has 0 bridgehead atoms. The lowest BCUT2D eigenvalue weighted by Crippen LogP contribution is -2.09. The predicted octanol–water partition coefficient (Wildman–Crippen LogP) is 3.13. The molecule has 1 aliphatic heterocycles. The van der Waals surface area contributed by atoms with Crippen molar-refractivity contribution in [2.24, 2.45) is 0 Å². The van der Waals surface area contributed by atoms with Gasteiger partial charge in [0.15, 0.2) is 5.65 Å². The van der Waals surface area contributed by atoms with E-state index in [1.807, 2.05) is 28.9 Å². The van der Waals surface area contributed by atoms with Crippen LogP contribution in [0.15, 0.2) is 55.4 Å². The summed E-state index contributed by atoms with van der Waals surface area (Å²) in [6, 6.07) is 7.05. The highest BCUT2D eigenvalue weighted by Gasteiger charge is 2.20. The number of ether oxygens (including phenoxy) is 1. The monoisotopic (exact) mass is 401 g/mol. The Morgan fingerprint density at radius 1 is 1.10 bits per heavy atom. The van der Waals surface area contributed by atoms with Crippen LogP contribution in [0.5, 0.6) is 5.75 Å². The van der Waals surface area contributed by atoms with Crippen LogP contribution in [0.2, 0.25) is 0 Å². The molecule has 0 fully saturated rings. The number of pyridine rings is 1. The Balaban J connectivity index is 1.39. The van der Waals surface area contributed by atoms with Gasteiger partial charge in [0, 0.05) is 60.0 Å². The second-order valence-corrected chi connectivity index (χ2v) is 7.05. The fourth-order valence-electron chi connectivity index (χ4n) is 3.97. The first-order chi connectivity index (χ1) is 14.8. The van der Waals surface area contributed by atoms with Crippen molar-refractivity contribution < 1.29 is 9.13 Å². The Labute approximate surface area is 170 Å². The van der Waals surface area contributed by atoms with E-state index in [0.717, 1.165) is 28.1 Å². The fourth-order valence-corrected chi connectivity index (χ4v) is 3.97. The molecule has 0 atom stereocenters. The van der Waals surface area contributed by atoms with E-state index in [1.54, 1.807) is 29.2 Å². The summed E-state index contributed by atoms with van der Waals surface area (Å²) >= 11 is 0. The molecule has 0 unspecified atom stereocenters. The first kappa shape index (κ1) is 16.9.